The summed E-state index contributed by atoms with van der Waals surface area (Å²) in [5.74, 6) is 5.60. The van der Waals surface area contributed by atoms with Crippen LogP contribution in [0.3, 0.4) is 0 Å². The number of aryl methyl sites for hydroxylation is 1. The van der Waals surface area contributed by atoms with Gasteiger partial charge in [-0.3, -0.25) is 4.18 Å². The summed E-state index contributed by atoms with van der Waals surface area (Å²) in [6.07, 6.45) is 6.54. The fourth-order valence-electron chi connectivity index (χ4n) is 2.97. The second-order valence-electron chi connectivity index (χ2n) is 6.61. The van der Waals surface area contributed by atoms with Crippen LogP contribution in [-0.4, -0.2) is 49.0 Å². The molecule has 1 atom stereocenters. The molecule has 0 saturated carbocycles. The molecule has 1 saturated heterocycles. The first-order chi connectivity index (χ1) is 12.9. The maximum atomic E-state index is 10.9. The van der Waals surface area contributed by atoms with E-state index in [0.717, 1.165) is 54.6 Å². The number of rotatable bonds is 5. The minimum Gasteiger partial charge on any atom is -0.376 e. The van der Waals surface area contributed by atoms with Crippen molar-refractivity contribution in [3.8, 4) is 23.1 Å². The van der Waals surface area contributed by atoms with Crippen LogP contribution in [0.25, 0.3) is 11.3 Å². The number of ether oxygens (including phenoxy) is 1. The van der Waals surface area contributed by atoms with Gasteiger partial charge < -0.3 is 4.74 Å². The molecule has 0 N–H and O–H groups in total. The van der Waals surface area contributed by atoms with Crippen molar-refractivity contribution in [3.05, 3.63) is 35.5 Å². The molecule has 144 valence electrons. The third kappa shape index (κ3) is 5.89. The molecule has 7 nitrogen and oxygen atoms in total. The van der Waals surface area contributed by atoms with Gasteiger partial charge in [-0.05, 0) is 43.9 Å². The molecule has 27 heavy (non-hydrogen) atoms. The monoisotopic (exact) mass is 389 g/mol. The summed E-state index contributed by atoms with van der Waals surface area (Å²) in [5.41, 5.74) is 3.61. The van der Waals surface area contributed by atoms with E-state index in [4.69, 9.17) is 4.74 Å². The van der Waals surface area contributed by atoms with Crippen LogP contribution in [-0.2, 0) is 25.6 Å². The highest BCUT2D eigenvalue weighted by molar-refractivity contribution is 7.86. The van der Waals surface area contributed by atoms with E-state index in [0.29, 0.717) is 0 Å². The summed E-state index contributed by atoms with van der Waals surface area (Å²) in [4.78, 5) is 0. The maximum Gasteiger partial charge on any atom is 0.265 e. The SMILES string of the molecule is Cc1cc(C#CCOS(C)(=O)=O)ccc1-c1cn(CC2CCCCO2)nn1. The smallest absolute Gasteiger partial charge is 0.265 e. The van der Waals surface area contributed by atoms with E-state index in [2.05, 4.69) is 26.3 Å². The lowest BCUT2D eigenvalue weighted by molar-refractivity contribution is 0.00370. The Kier molecular flexibility index (Phi) is 6.26. The van der Waals surface area contributed by atoms with Crippen LogP contribution in [0.15, 0.2) is 24.4 Å². The highest BCUT2D eigenvalue weighted by atomic mass is 32.2. The molecule has 1 aliphatic heterocycles. The Bertz CT molecular complexity index is 951. The number of hydrogen-bond acceptors (Lipinski definition) is 6. The van der Waals surface area contributed by atoms with Gasteiger partial charge in [0.15, 0.2) is 0 Å². The molecule has 1 aliphatic rings. The summed E-state index contributed by atoms with van der Waals surface area (Å²) in [6.45, 7) is 3.37. The lowest BCUT2D eigenvalue weighted by Crippen LogP contribution is -2.24. The van der Waals surface area contributed by atoms with Gasteiger partial charge in [-0.1, -0.05) is 23.1 Å². The molecule has 1 unspecified atom stereocenters. The zero-order chi connectivity index (χ0) is 19.3. The van der Waals surface area contributed by atoms with E-state index in [9.17, 15) is 8.42 Å². The molecule has 0 radical (unpaired) electrons. The molecule has 0 amide bonds. The number of nitrogens with zero attached hydrogens (tertiary/aromatic N) is 3. The normalized spacial score (nSPS) is 17.3. The van der Waals surface area contributed by atoms with Crippen molar-refractivity contribution < 1.29 is 17.3 Å². The van der Waals surface area contributed by atoms with Crippen molar-refractivity contribution >= 4 is 10.1 Å². The quantitative estimate of drug-likeness (QED) is 0.576. The Hall–Kier alpha value is -2.21. The predicted octanol–water partition coefficient (Wildman–Crippen LogP) is 2.15. The molecule has 0 aliphatic carbocycles. The Morgan fingerprint density at radius 2 is 2.22 bits per heavy atom. The third-order valence-corrected chi connectivity index (χ3v) is 4.83. The minimum atomic E-state index is -3.47. The summed E-state index contributed by atoms with van der Waals surface area (Å²) in [5, 5.41) is 8.50. The zero-order valence-corrected chi connectivity index (χ0v) is 16.3. The maximum absolute atomic E-state index is 10.9. The van der Waals surface area contributed by atoms with Gasteiger partial charge in [-0.15, -0.1) is 5.10 Å². The molecular weight excluding hydrogens is 366 g/mol. The molecule has 2 heterocycles. The second kappa shape index (κ2) is 8.65. The van der Waals surface area contributed by atoms with Gasteiger partial charge in [0, 0.05) is 17.7 Å². The van der Waals surface area contributed by atoms with E-state index in [1.165, 1.54) is 6.42 Å². The van der Waals surface area contributed by atoms with Crippen molar-refractivity contribution in [1.82, 2.24) is 15.0 Å². The molecular formula is C19H23N3O4S. The largest absolute Gasteiger partial charge is 0.376 e. The van der Waals surface area contributed by atoms with Crippen molar-refractivity contribution in [2.24, 2.45) is 0 Å². The summed E-state index contributed by atoms with van der Waals surface area (Å²) in [7, 11) is -3.47. The predicted molar refractivity (Wildman–Crippen MR) is 101 cm³/mol. The van der Waals surface area contributed by atoms with Crippen LogP contribution in [0.1, 0.15) is 30.4 Å². The van der Waals surface area contributed by atoms with Gasteiger partial charge in [0.05, 0.1) is 25.1 Å². The Labute approximate surface area is 159 Å². The minimum absolute atomic E-state index is 0.156. The molecule has 2 aromatic rings. The van der Waals surface area contributed by atoms with Crippen molar-refractivity contribution in [3.63, 3.8) is 0 Å². The molecule has 0 spiro atoms. The van der Waals surface area contributed by atoms with Gasteiger partial charge in [0.1, 0.15) is 12.3 Å². The summed E-state index contributed by atoms with van der Waals surface area (Å²) in [6, 6.07) is 5.76. The lowest BCUT2D eigenvalue weighted by atomic mass is 10.0. The first-order valence-electron chi connectivity index (χ1n) is 8.87. The van der Waals surface area contributed by atoms with Crippen LogP contribution < -0.4 is 0 Å². The number of benzene rings is 1. The van der Waals surface area contributed by atoms with Crippen LogP contribution in [0.4, 0.5) is 0 Å². The highest BCUT2D eigenvalue weighted by Gasteiger charge is 2.16. The molecule has 1 fully saturated rings. The second-order valence-corrected chi connectivity index (χ2v) is 8.26. The standard InChI is InChI=1S/C19H23N3O4S/c1-15-12-16(6-5-11-26-27(2,23)24)8-9-18(15)19-14-22(21-20-19)13-17-7-3-4-10-25-17/h8-9,12,14,17H,3-4,7,10-11,13H2,1-2H3. The van der Waals surface area contributed by atoms with E-state index in [1.54, 1.807) is 0 Å². The van der Waals surface area contributed by atoms with Crippen molar-refractivity contribution in [1.29, 1.82) is 0 Å². The van der Waals surface area contributed by atoms with Crippen molar-refractivity contribution in [2.75, 3.05) is 19.5 Å². The molecule has 8 heteroatoms. The van der Waals surface area contributed by atoms with Gasteiger partial charge in [0.2, 0.25) is 0 Å². The van der Waals surface area contributed by atoms with Crippen LogP contribution in [0.5, 0.6) is 0 Å². The fourth-order valence-corrected chi connectivity index (χ4v) is 3.25. The average molecular weight is 389 g/mol. The number of hydrogen-bond donors (Lipinski definition) is 0. The number of aromatic nitrogens is 3. The van der Waals surface area contributed by atoms with E-state index >= 15 is 0 Å². The topological polar surface area (TPSA) is 83.3 Å². The van der Waals surface area contributed by atoms with Gasteiger partial charge in [-0.25, -0.2) is 4.68 Å². The van der Waals surface area contributed by atoms with Gasteiger partial charge >= 0.3 is 0 Å². The van der Waals surface area contributed by atoms with Crippen LogP contribution >= 0.6 is 0 Å². The van der Waals surface area contributed by atoms with Gasteiger partial charge in [0.25, 0.3) is 10.1 Å². The zero-order valence-electron chi connectivity index (χ0n) is 15.5. The van der Waals surface area contributed by atoms with E-state index in [1.807, 2.05) is 36.0 Å². The molecule has 0 bridgehead atoms. The third-order valence-electron chi connectivity index (χ3n) is 4.28. The Morgan fingerprint density at radius 1 is 1.37 bits per heavy atom. The van der Waals surface area contributed by atoms with E-state index < -0.39 is 10.1 Å². The van der Waals surface area contributed by atoms with E-state index in [-0.39, 0.29) is 12.7 Å². The molecule has 1 aromatic heterocycles. The molecule has 1 aromatic carbocycles. The van der Waals surface area contributed by atoms with Crippen LogP contribution in [0, 0.1) is 18.8 Å². The van der Waals surface area contributed by atoms with Crippen LogP contribution in [0.2, 0.25) is 0 Å². The summed E-state index contributed by atoms with van der Waals surface area (Å²) < 4.78 is 34.0. The molecule has 3 rings (SSSR count). The Balaban J connectivity index is 1.66. The fraction of sp³-hybridized carbons (Fsp3) is 0.474. The lowest BCUT2D eigenvalue weighted by Gasteiger charge is -2.21. The average Bonchev–Trinajstić information content (AvgIpc) is 3.07. The first kappa shape index (κ1) is 19.5. The van der Waals surface area contributed by atoms with Crippen molar-refractivity contribution in [2.45, 2.75) is 38.8 Å². The summed E-state index contributed by atoms with van der Waals surface area (Å²) >= 11 is 0. The van der Waals surface area contributed by atoms with Gasteiger partial charge in [-0.2, -0.15) is 8.42 Å². The highest BCUT2D eigenvalue weighted by Crippen LogP contribution is 2.22. The first-order valence-corrected chi connectivity index (χ1v) is 10.7. The Morgan fingerprint density at radius 3 is 2.93 bits per heavy atom.